The van der Waals surface area contributed by atoms with Crippen LogP contribution in [0.2, 0.25) is 0 Å². The molecule has 0 aliphatic rings. The fraction of sp³-hybridized carbons (Fsp3) is 0.294. The SMILES string of the molecule is CCNC(C)c1c(OC)cccc1Oc1ccccc1I. The van der Waals surface area contributed by atoms with Crippen molar-refractivity contribution in [1.29, 1.82) is 0 Å². The summed E-state index contributed by atoms with van der Waals surface area (Å²) < 4.78 is 12.7. The maximum Gasteiger partial charge on any atom is 0.140 e. The predicted molar refractivity (Wildman–Crippen MR) is 94.3 cm³/mol. The van der Waals surface area contributed by atoms with Gasteiger partial charge in [-0.2, -0.15) is 0 Å². The van der Waals surface area contributed by atoms with Crippen molar-refractivity contribution < 1.29 is 9.47 Å². The summed E-state index contributed by atoms with van der Waals surface area (Å²) in [7, 11) is 1.69. The average Bonchev–Trinajstić information content (AvgIpc) is 2.49. The van der Waals surface area contributed by atoms with Crippen molar-refractivity contribution in [3.63, 3.8) is 0 Å². The normalized spacial score (nSPS) is 12.0. The number of methoxy groups -OCH3 is 1. The Balaban J connectivity index is 2.41. The molecule has 21 heavy (non-hydrogen) atoms. The van der Waals surface area contributed by atoms with E-state index in [-0.39, 0.29) is 6.04 Å². The lowest BCUT2D eigenvalue weighted by Crippen LogP contribution is -2.19. The van der Waals surface area contributed by atoms with Crippen LogP contribution in [0.1, 0.15) is 25.5 Å². The van der Waals surface area contributed by atoms with Crippen molar-refractivity contribution in [1.82, 2.24) is 5.32 Å². The minimum absolute atomic E-state index is 0.155. The van der Waals surface area contributed by atoms with Gasteiger partial charge in [0.25, 0.3) is 0 Å². The third-order valence-corrected chi connectivity index (χ3v) is 4.14. The fourth-order valence-corrected chi connectivity index (χ4v) is 2.77. The van der Waals surface area contributed by atoms with E-state index in [2.05, 4.69) is 41.8 Å². The summed E-state index contributed by atoms with van der Waals surface area (Å²) in [6, 6.07) is 14.0. The van der Waals surface area contributed by atoms with Gasteiger partial charge in [0, 0.05) is 6.04 Å². The Kier molecular flexibility index (Phi) is 5.87. The summed E-state index contributed by atoms with van der Waals surface area (Å²) in [4.78, 5) is 0. The Morgan fingerprint density at radius 2 is 1.71 bits per heavy atom. The molecule has 0 aromatic heterocycles. The Morgan fingerprint density at radius 1 is 1.05 bits per heavy atom. The van der Waals surface area contributed by atoms with Gasteiger partial charge in [0.05, 0.1) is 16.2 Å². The van der Waals surface area contributed by atoms with Crippen LogP contribution < -0.4 is 14.8 Å². The van der Waals surface area contributed by atoms with Gasteiger partial charge in [-0.25, -0.2) is 0 Å². The number of nitrogens with one attached hydrogen (secondary N) is 1. The third kappa shape index (κ3) is 3.89. The van der Waals surface area contributed by atoms with Gasteiger partial charge in [-0.1, -0.05) is 25.1 Å². The molecule has 4 heteroatoms. The van der Waals surface area contributed by atoms with Crippen LogP contribution in [0.15, 0.2) is 42.5 Å². The van der Waals surface area contributed by atoms with Gasteiger partial charge in [0.15, 0.2) is 0 Å². The predicted octanol–water partition coefficient (Wildman–Crippen LogP) is 4.76. The van der Waals surface area contributed by atoms with E-state index in [0.717, 1.165) is 32.9 Å². The molecular formula is C17H20INO2. The van der Waals surface area contributed by atoms with Gasteiger partial charge in [-0.15, -0.1) is 0 Å². The van der Waals surface area contributed by atoms with Crippen LogP contribution in [-0.4, -0.2) is 13.7 Å². The lowest BCUT2D eigenvalue weighted by atomic mass is 10.1. The number of halogens is 1. The van der Waals surface area contributed by atoms with Crippen molar-refractivity contribution >= 4 is 22.6 Å². The molecule has 0 aliphatic carbocycles. The highest BCUT2D eigenvalue weighted by molar-refractivity contribution is 14.1. The highest BCUT2D eigenvalue weighted by Crippen LogP contribution is 2.37. The van der Waals surface area contributed by atoms with Crippen molar-refractivity contribution in [2.24, 2.45) is 0 Å². The Hall–Kier alpha value is -1.27. The zero-order valence-corrected chi connectivity index (χ0v) is 14.7. The third-order valence-electron chi connectivity index (χ3n) is 3.25. The Bertz CT molecular complexity index is 601. The lowest BCUT2D eigenvalue weighted by molar-refractivity contribution is 0.391. The molecule has 1 atom stereocenters. The van der Waals surface area contributed by atoms with Gasteiger partial charge in [0.1, 0.15) is 17.2 Å². The molecule has 0 amide bonds. The van der Waals surface area contributed by atoms with E-state index in [9.17, 15) is 0 Å². The molecule has 0 saturated heterocycles. The van der Waals surface area contributed by atoms with Crippen LogP contribution in [0.4, 0.5) is 0 Å². The number of para-hydroxylation sites is 1. The molecule has 0 spiro atoms. The van der Waals surface area contributed by atoms with Gasteiger partial charge < -0.3 is 14.8 Å². The van der Waals surface area contributed by atoms with E-state index in [1.807, 2.05) is 42.5 Å². The Labute approximate surface area is 139 Å². The molecule has 0 heterocycles. The van der Waals surface area contributed by atoms with Crippen LogP contribution in [-0.2, 0) is 0 Å². The van der Waals surface area contributed by atoms with Crippen LogP contribution in [0.25, 0.3) is 0 Å². The molecule has 2 aromatic rings. The summed E-state index contributed by atoms with van der Waals surface area (Å²) in [6.07, 6.45) is 0. The van der Waals surface area contributed by atoms with E-state index in [0.29, 0.717) is 0 Å². The smallest absolute Gasteiger partial charge is 0.140 e. The zero-order chi connectivity index (χ0) is 15.2. The van der Waals surface area contributed by atoms with Crippen LogP contribution in [0, 0.1) is 3.57 Å². The molecule has 0 saturated carbocycles. The average molecular weight is 397 g/mol. The quantitative estimate of drug-likeness (QED) is 0.713. The standard InChI is InChI=1S/C17H20INO2/c1-4-19-12(2)17-15(20-3)10-7-11-16(17)21-14-9-6-5-8-13(14)18/h5-12,19H,4H2,1-3H3. The number of ether oxygens (including phenoxy) is 2. The van der Waals surface area contributed by atoms with E-state index in [1.54, 1.807) is 7.11 Å². The molecule has 0 aliphatic heterocycles. The largest absolute Gasteiger partial charge is 0.496 e. The number of hydrogen-bond acceptors (Lipinski definition) is 3. The first kappa shape index (κ1) is 16.1. The highest BCUT2D eigenvalue weighted by atomic mass is 127. The minimum Gasteiger partial charge on any atom is -0.496 e. The first-order chi connectivity index (χ1) is 10.2. The van der Waals surface area contributed by atoms with Crippen LogP contribution in [0.3, 0.4) is 0 Å². The Morgan fingerprint density at radius 3 is 2.38 bits per heavy atom. The highest BCUT2D eigenvalue weighted by Gasteiger charge is 2.17. The van der Waals surface area contributed by atoms with Gasteiger partial charge in [-0.3, -0.25) is 0 Å². The molecule has 2 rings (SSSR count). The molecule has 0 radical (unpaired) electrons. The topological polar surface area (TPSA) is 30.5 Å². The molecule has 0 bridgehead atoms. The second-order valence-corrected chi connectivity index (χ2v) is 5.85. The van der Waals surface area contributed by atoms with E-state index in [4.69, 9.17) is 9.47 Å². The summed E-state index contributed by atoms with van der Waals surface area (Å²) in [5, 5.41) is 3.42. The van der Waals surface area contributed by atoms with E-state index >= 15 is 0 Å². The van der Waals surface area contributed by atoms with E-state index < -0.39 is 0 Å². The number of hydrogen-bond donors (Lipinski definition) is 1. The van der Waals surface area contributed by atoms with Crippen molar-refractivity contribution in [2.45, 2.75) is 19.9 Å². The zero-order valence-electron chi connectivity index (χ0n) is 12.5. The van der Waals surface area contributed by atoms with Crippen molar-refractivity contribution in [3.8, 4) is 17.2 Å². The van der Waals surface area contributed by atoms with Crippen molar-refractivity contribution in [2.75, 3.05) is 13.7 Å². The van der Waals surface area contributed by atoms with E-state index in [1.165, 1.54) is 0 Å². The summed E-state index contributed by atoms with van der Waals surface area (Å²) in [5.74, 6) is 2.52. The second-order valence-electron chi connectivity index (χ2n) is 4.68. The van der Waals surface area contributed by atoms with Gasteiger partial charge in [0.2, 0.25) is 0 Å². The summed E-state index contributed by atoms with van der Waals surface area (Å²) >= 11 is 2.28. The molecule has 3 nitrogen and oxygen atoms in total. The monoisotopic (exact) mass is 397 g/mol. The van der Waals surface area contributed by atoms with Gasteiger partial charge >= 0.3 is 0 Å². The van der Waals surface area contributed by atoms with Gasteiger partial charge in [-0.05, 0) is 60.3 Å². The minimum atomic E-state index is 0.155. The van der Waals surface area contributed by atoms with Crippen LogP contribution in [0.5, 0.6) is 17.2 Å². The molecule has 0 fully saturated rings. The fourth-order valence-electron chi connectivity index (χ4n) is 2.27. The molecular weight excluding hydrogens is 377 g/mol. The van der Waals surface area contributed by atoms with Crippen molar-refractivity contribution in [3.05, 3.63) is 51.6 Å². The summed E-state index contributed by atoms with van der Waals surface area (Å²) in [5.41, 5.74) is 1.04. The molecule has 2 aromatic carbocycles. The first-order valence-corrected chi connectivity index (χ1v) is 8.08. The number of benzene rings is 2. The molecule has 1 unspecified atom stereocenters. The molecule has 1 N–H and O–H groups in total. The number of rotatable bonds is 6. The maximum atomic E-state index is 6.12. The van der Waals surface area contributed by atoms with Crippen LogP contribution >= 0.6 is 22.6 Å². The lowest BCUT2D eigenvalue weighted by Gasteiger charge is -2.20. The maximum absolute atomic E-state index is 6.12. The summed E-state index contributed by atoms with van der Waals surface area (Å²) in [6.45, 7) is 5.10. The first-order valence-electron chi connectivity index (χ1n) is 7.00. The second kappa shape index (κ2) is 7.66. The molecule has 112 valence electrons.